The Balaban J connectivity index is 2.01. The highest BCUT2D eigenvalue weighted by molar-refractivity contribution is 5.79. The SMILES string of the molecule is Cc1cc(C)c(C)c(Oc2nc3ccc(N)cc3[nH]2)c1. The van der Waals surface area contributed by atoms with Gasteiger partial charge in [0.05, 0.1) is 11.0 Å². The number of hydrogen-bond donors (Lipinski definition) is 2. The zero-order valence-corrected chi connectivity index (χ0v) is 11.8. The topological polar surface area (TPSA) is 63.9 Å². The average molecular weight is 267 g/mol. The van der Waals surface area contributed by atoms with Crippen molar-refractivity contribution in [3.05, 3.63) is 47.0 Å². The molecular formula is C16H17N3O. The van der Waals surface area contributed by atoms with Gasteiger partial charge >= 0.3 is 0 Å². The molecule has 1 aromatic heterocycles. The van der Waals surface area contributed by atoms with E-state index in [4.69, 9.17) is 10.5 Å². The van der Waals surface area contributed by atoms with Gasteiger partial charge in [0.2, 0.25) is 0 Å². The minimum Gasteiger partial charge on any atom is -0.425 e. The second-order valence-corrected chi connectivity index (χ2v) is 5.13. The zero-order chi connectivity index (χ0) is 14.3. The third-order valence-electron chi connectivity index (χ3n) is 3.45. The van der Waals surface area contributed by atoms with E-state index in [1.165, 1.54) is 11.1 Å². The maximum atomic E-state index is 5.89. The summed E-state index contributed by atoms with van der Waals surface area (Å²) in [5.41, 5.74) is 11.7. The van der Waals surface area contributed by atoms with Crippen molar-refractivity contribution in [2.45, 2.75) is 20.8 Å². The molecule has 20 heavy (non-hydrogen) atoms. The second-order valence-electron chi connectivity index (χ2n) is 5.13. The van der Waals surface area contributed by atoms with Crippen LogP contribution in [0.2, 0.25) is 0 Å². The fraction of sp³-hybridized carbons (Fsp3) is 0.188. The van der Waals surface area contributed by atoms with Crippen LogP contribution < -0.4 is 10.5 Å². The molecule has 2 aromatic carbocycles. The van der Waals surface area contributed by atoms with Crippen LogP contribution in [-0.2, 0) is 0 Å². The van der Waals surface area contributed by atoms with E-state index < -0.39 is 0 Å². The largest absolute Gasteiger partial charge is 0.425 e. The van der Waals surface area contributed by atoms with E-state index in [0.717, 1.165) is 22.3 Å². The third kappa shape index (κ3) is 2.20. The molecule has 3 aromatic rings. The van der Waals surface area contributed by atoms with Crippen LogP contribution in [0.1, 0.15) is 16.7 Å². The summed E-state index contributed by atoms with van der Waals surface area (Å²) in [4.78, 5) is 7.55. The van der Waals surface area contributed by atoms with Crippen molar-refractivity contribution < 1.29 is 4.74 Å². The molecule has 1 heterocycles. The number of imidazole rings is 1. The highest BCUT2D eigenvalue weighted by Gasteiger charge is 2.09. The van der Waals surface area contributed by atoms with E-state index in [0.29, 0.717) is 11.7 Å². The Labute approximate surface area is 117 Å². The number of nitrogens with one attached hydrogen (secondary N) is 1. The summed E-state index contributed by atoms with van der Waals surface area (Å²) in [7, 11) is 0. The first-order chi connectivity index (χ1) is 9.52. The van der Waals surface area contributed by atoms with Crippen LogP contribution in [0.4, 0.5) is 5.69 Å². The van der Waals surface area contributed by atoms with Crippen LogP contribution in [0.3, 0.4) is 0 Å². The van der Waals surface area contributed by atoms with E-state index in [2.05, 4.69) is 29.9 Å². The lowest BCUT2D eigenvalue weighted by molar-refractivity contribution is 0.445. The summed E-state index contributed by atoms with van der Waals surface area (Å²) in [6, 6.07) is 10.2. The Hall–Kier alpha value is -2.49. The van der Waals surface area contributed by atoms with Crippen molar-refractivity contribution in [1.82, 2.24) is 9.97 Å². The number of aromatic nitrogens is 2. The van der Waals surface area contributed by atoms with Gasteiger partial charge < -0.3 is 15.5 Å². The molecule has 3 N–H and O–H groups in total. The molecule has 102 valence electrons. The summed E-state index contributed by atoms with van der Waals surface area (Å²) in [5.74, 6) is 0.828. The molecule has 0 aliphatic rings. The summed E-state index contributed by atoms with van der Waals surface area (Å²) in [6.45, 7) is 6.18. The number of anilines is 1. The van der Waals surface area contributed by atoms with Gasteiger partial charge in [0, 0.05) is 5.69 Å². The number of fused-ring (bicyclic) bond motifs is 1. The quantitative estimate of drug-likeness (QED) is 0.693. The van der Waals surface area contributed by atoms with Crippen molar-refractivity contribution in [1.29, 1.82) is 0 Å². The summed E-state index contributed by atoms with van der Waals surface area (Å²) in [5, 5.41) is 0. The van der Waals surface area contributed by atoms with Gasteiger partial charge in [-0.2, -0.15) is 4.98 Å². The number of nitrogen functional groups attached to an aromatic ring is 1. The molecular weight excluding hydrogens is 250 g/mol. The maximum Gasteiger partial charge on any atom is 0.300 e. The number of aromatic amines is 1. The van der Waals surface area contributed by atoms with Crippen LogP contribution in [0, 0.1) is 20.8 Å². The first kappa shape index (κ1) is 12.5. The molecule has 3 rings (SSSR count). The predicted octanol–water partition coefficient (Wildman–Crippen LogP) is 3.86. The number of aryl methyl sites for hydroxylation is 2. The van der Waals surface area contributed by atoms with Crippen molar-refractivity contribution in [3.8, 4) is 11.8 Å². The molecule has 0 bridgehead atoms. The van der Waals surface area contributed by atoms with Gasteiger partial charge in [0.1, 0.15) is 5.75 Å². The Bertz CT molecular complexity index is 790. The molecule has 0 radical (unpaired) electrons. The first-order valence-electron chi connectivity index (χ1n) is 6.54. The van der Waals surface area contributed by atoms with E-state index in [-0.39, 0.29) is 0 Å². The number of nitrogens with zero attached hydrogens (tertiary/aromatic N) is 1. The first-order valence-corrected chi connectivity index (χ1v) is 6.54. The molecule has 0 saturated carbocycles. The van der Waals surface area contributed by atoms with Crippen LogP contribution >= 0.6 is 0 Å². The number of hydrogen-bond acceptors (Lipinski definition) is 3. The maximum absolute atomic E-state index is 5.89. The minimum atomic E-state index is 0.485. The fourth-order valence-corrected chi connectivity index (χ4v) is 2.26. The van der Waals surface area contributed by atoms with Crippen LogP contribution in [0.5, 0.6) is 11.8 Å². The number of rotatable bonds is 2. The van der Waals surface area contributed by atoms with Crippen molar-refractivity contribution in [2.75, 3.05) is 5.73 Å². The van der Waals surface area contributed by atoms with Gasteiger partial charge in [-0.1, -0.05) is 6.07 Å². The summed E-state index contributed by atoms with van der Waals surface area (Å²) >= 11 is 0. The van der Waals surface area contributed by atoms with Crippen LogP contribution in [0.15, 0.2) is 30.3 Å². The van der Waals surface area contributed by atoms with Gasteiger partial charge in [-0.05, 0) is 61.7 Å². The molecule has 0 fully saturated rings. The third-order valence-corrected chi connectivity index (χ3v) is 3.45. The molecule has 0 aliphatic carbocycles. The highest BCUT2D eigenvalue weighted by Crippen LogP contribution is 2.28. The fourth-order valence-electron chi connectivity index (χ4n) is 2.26. The van der Waals surface area contributed by atoms with Crippen LogP contribution in [-0.4, -0.2) is 9.97 Å². The molecule has 0 unspecified atom stereocenters. The number of ether oxygens (including phenoxy) is 1. The van der Waals surface area contributed by atoms with E-state index >= 15 is 0 Å². The molecule has 0 atom stereocenters. The predicted molar refractivity (Wildman–Crippen MR) is 81.2 cm³/mol. The molecule has 0 saturated heterocycles. The molecule has 0 spiro atoms. The lowest BCUT2D eigenvalue weighted by Crippen LogP contribution is -1.92. The van der Waals surface area contributed by atoms with Crippen LogP contribution in [0.25, 0.3) is 11.0 Å². The Morgan fingerprint density at radius 3 is 2.70 bits per heavy atom. The van der Waals surface area contributed by atoms with Gasteiger partial charge in [0.15, 0.2) is 0 Å². The minimum absolute atomic E-state index is 0.485. The monoisotopic (exact) mass is 267 g/mol. The average Bonchev–Trinajstić information content (AvgIpc) is 2.76. The lowest BCUT2D eigenvalue weighted by atomic mass is 10.1. The van der Waals surface area contributed by atoms with E-state index in [1.54, 1.807) is 0 Å². The number of H-pyrrole nitrogens is 1. The van der Waals surface area contributed by atoms with E-state index in [9.17, 15) is 0 Å². The smallest absolute Gasteiger partial charge is 0.300 e. The molecule has 0 aliphatic heterocycles. The Kier molecular flexibility index (Phi) is 2.86. The standard InChI is InChI=1S/C16H17N3O/c1-9-6-10(2)11(3)15(7-9)20-16-18-13-5-4-12(17)8-14(13)19-16/h4-8H,17H2,1-3H3,(H,18,19). The van der Waals surface area contributed by atoms with Gasteiger partial charge in [-0.15, -0.1) is 0 Å². The molecule has 4 heteroatoms. The Morgan fingerprint density at radius 1 is 1.10 bits per heavy atom. The normalized spacial score (nSPS) is 10.9. The summed E-state index contributed by atoms with van der Waals surface area (Å²) in [6.07, 6.45) is 0. The van der Waals surface area contributed by atoms with Gasteiger partial charge in [-0.3, -0.25) is 0 Å². The number of nitrogens with two attached hydrogens (primary N) is 1. The zero-order valence-electron chi connectivity index (χ0n) is 11.8. The molecule has 4 nitrogen and oxygen atoms in total. The van der Waals surface area contributed by atoms with Gasteiger partial charge in [-0.25, -0.2) is 0 Å². The van der Waals surface area contributed by atoms with Crippen molar-refractivity contribution in [3.63, 3.8) is 0 Å². The molecule has 0 amide bonds. The second kappa shape index (κ2) is 4.56. The van der Waals surface area contributed by atoms with Crippen molar-refractivity contribution in [2.24, 2.45) is 0 Å². The number of benzene rings is 2. The summed E-state index contributed by atoms with van der Waals surface area (Å²) < 4.78 is 5.89. The lowest BCUT2D eigenvalue weighted by Gasteiger charge is -2.09. The van der Waals surface area contributed by atoms with Gasteiger partial charge in [0.25, 0.3) is 6.01 Å². The highest BCUT2D eigenvalue weighted by atomic mass is 16.5. The Morgan fingerprint density at radius 2 is 1.90 bits per heavy atom. The van der Waals surface area contributed by atoms with Crippen molar-refractivity contribution >= 4 is 16.7 Å². The van der Waals surface area contributed by atoms with E-state index in [1.807, 2.05) is 31.2 Å².